The van der Waals surface area contributed by atoms with Gasteiger partial charge in [0, 0.05) is 24.8 Å². The molecule has 1 aromatic carbocycles. The van der Waals surface area contributed by atoms with Crippen LogP contribution in [0.4, 0.5) is 5.69 Å². The van der Waals surface area contributed by atoms with Gasteiger partial charge in [0.2, 0.25) is 0 Å². The first-order valence-corrected chi connectivity index (χ1v) is 4.33. The van der Waals surface area contributed by atoms with Gasteiger partial charge in [-0.3, -0.25) is 0 Å². The molecule has 0 aromatic heterocycles. The van der Waals surface area contributed by atoms with Crippen molar-refractivity contribution in [3.8, 4) is 0 Å². The van der Waals surface area contributed by atoms with Crippen LogP contribution in [-0.4, -0.2) is 18.3 Å². The number of fused-ring (bicyclic) bond motifs is 1. The van der Waals surface area contributed by atoms with E-state index in [4.69, 9.17) is 5.11 Å². The number of nitrogens with one attached hydrogen (secondary N) is 1. The fourth-order valence-corrected chi connectivity index (χ4v) is 1.64. The third-order valence-corrected chi connectivity index (χ3v) is 2.37. The molecule has 1 aromatic rings. The van der Waals surface area contributed by atoms with Crippen molar-refractivity contribution in [2.75, 3.05) is 18.5 Å². The Labute approximate surface area is 72.2 Å². The van der Waals surface area contributed by atoms with Crippen LogP contribution >= 0.6 is 0 Å². The highest BCUT2D eigenvalue weighted by atomic mass is 16.3. The van der Waals surface area contributed by atoms with Gasteiger partial charge >= 0.3 is 0 Å². The Hall–Kier alpha value is -1.02. The minimum absolute atomic E-state index is 0.279. The summed E-state index contributed by atoms with van der Waals surface area (Å²) in [6, 6.07) is 8.28. The Morgan fingerprint density at radius 2 is 2.25 bits per heavy atom. The van der Waals surface area contributed by atoms with Crippen LogP contribution in [-0.2, 0) is 6.42 Å². The molecule has 12 heavy (non-hydrogen) atoms. The molecule has 0 saturated heterocycles. The molecule has 0 saturated carbocycles. The van der Waals surface area contributed by atoms with E-state index in [1.165, 1.54) is 11.3 Å². The van der Waals surface area contributed by atoms with E-state index >= 15 is 0 Å². The molecular weight excluding hydrogens is 150 g/mol. The normalized spacial score (nSPS) is 21.2. The van der Waals surface area contributed by atoms with Crippen molar-refractivity contribution < 1.29 is 5.11 Å². The first kappa shape index (κ1) is 7.62. The Kier molecular flexibility index (Phi) is 2.00. The molecular formula is C10H13NO. The molecule has 0 amide bonds. The van der Waals surface area contributed by atoms with Gasteiger partial charge in [-0.1, -0.05) is 18.2 Å². The summed E-state index contributed by atoms with van der Waals surface area (Å²) in [4.78, 5) is 0. The van der Waals surface area contributed by atoms with Crippen LogP contribution in [0, 0.1) is 5.92 Å². The van der Waals surface area contributed by atoms with E-state index in [-0.39, 0.29) is 6.61 Å². The lowest BCUT2D eigenvalue weighted by molar-refractivity contribution is 0.230. The van der Waals surface area contributed by atoms with Crippen LogP contribution in [0.15, 0.2) is 24.3 Å². The maximum atomic E-state index is 8.98. The predicted octanol–water partition coefficient (Wildman–Crippen LogP) is 1.26. The Morgan fingerprint density at radius 1 is 1.42 bits per heavy atom. The summed E-state index contributed by atoms with van der Waals surface area (Å²) in [5.41, 5.74) is 2.55. The van der Waals surface area contributed by atoms with Crippen molar-refractivity contribution in [2.24, 2.45) is 5.92 Å². The first-order chi connectivity index (χ1) is 5.90. The zero-order chi connectivity index (χ0) is 8.39. The van der Waals surface area contributed by atoms with E-state index in [0.29, 0.717) is 5.92 Å². The SMILES string of the molecule is OC[C@@H]1CNc2ccccc2C1. The van der Waals surface area contributed by atoms with Gasteiger partial charge in [0.15, 0.2) is 0 Å². The van der Waals surface area contributed by atoms with E-state index < -0.39 is 0 Å². The van der Waals surface area contributed by atoms with Crippen LogP contribution in [0.25, 0.3) is 0 Å². The van der Waals surface area contributed by atoms with Gasteiger partial charge in [-0.2, -0.15) is 0 Å². The monoisotopic (exact) mass is 163 g/mol. The zero-order valence-corrected chi connectivity index (χ0v) is 6.96. The number of aliphatic hydroxyl groups is 1. The van der Waals surface area contributed by atoms with Gasteiger partial charge in [0.25, 0.3) is 0 Å². The minimum Gasteiger partial charge on any atom is -0.396 e. The van der Waals surface area contributed by atoms with E-state index in [1.807, 2.05) is 12.1 Å². The van der Waals surface area contributed by atoms with E-state index in [9.17, 15) is 0 Å². The van der Waals surface area contributed by atoms with Crippen molar-refractivity contribution in [3.63, 3.8) is 0 Å². The summed E-state index contributed by atoms with van der Waals surface area (Å²) in [6.45, 7) is 1.18. The van der Waals surface area contributed by atoms with Gasteiger partial charge in [0.1, 0.15) is 0 Å². The summed E-state index contributed by atoms with van der Waals surface area (Å²) in [6.07, 6.45) is 1.000. The minimum atomic E-state index is 0.279. The van der Waals surface area contributed by atoms with Gasteiger partial charge in [-0.15, -0.1) is 0 Å². The summed E-state index contributed by atoms with van der Waals surface area (Å²) in [5.74, 6) is 0.389. The molecule has 2 rings (SSSR count). The highest BCUT2D eigenvalue weighted by Crippen LogP contribution is 2.23. The van der Waals surface area contributed by atoms with E-state index in [2.05, 4.69) is 17.4 Å². The van der Waals surface area contributed by atoms with Crippen LogP contribution in [0.1, 0.15) is 5.56 Å². The van der Waals surface area contributed by atoms with Crippen molar-refractivity contribution >= 4 is 5.69 Å². The zero-order valence-electron chi connectivity index (χ0n) is 6.96. The predicted molar refractivity (Wildman–Crippen MR) is 49.2 cm³/mol. The molecule has 0 bridgehead atoms. The summed E-state index contributed by atoms with van der Waals surface area (Å²) < 4.78 is 0. The van der Waals surface area contributed by atoms with Gasteiger partial charge in [-0.25, -0.2) is 0 Å². The van der Waals surface area contributed by atoms with Crippen LogP contribution in [0.2, 0.25) is 0 Å². The molecule has 0 fully saturated rings. The molecule has 1 atom stereocenters. The Balaban J connectivity index is 2.23. The number of hydrogen-bond acceptors (Lipinski definition) is 2. The molecule has 1 aliphatic heterocycles. The molecule has 1 heterocycles. The lowest BCUT2D eigenvalue weighted by Gasteiger charge is -2.24. The van der Waals surface area contributed by atoms with Crippen molar-refractivity contribution in [1.29, 1.82) is 0 Å². The fourth-order valence-electron chi connectivity index (χ4n) is 1.64. The number of para-hydroxylation sites is 1. The van der Waals surface area contributed by atoms with Gasteiger partial charge < -0.3 is 10.4 Å². The molecule has 0 spiro atoms. The third kappa shape index (κ3) is 1.30. The summed E-state index contributed by atoms with van der Waals surface area (Å²) >= 11 is 0. The number of hydrogen-bond donors (Lipinski definition) is 2. The van der Waals surface area contributed by atoms with Crippen molar-refractivity contribution in [1.82, 2.24) is 0 Å². The van der Waals surface area contributed by atoms with Crippen LogP contribution in [0.3, 0.4) is 0 Å². The Bertz CT molecular complexity index is 272. The number of aliphatic hydroxyl groups excluding tert-OH is 1. The van der Waals surface area contributed by atoms with Gasteiger partial charge in [-0.05, 0) is 18.1 Å². The highest BCUT2D eigenvalue weighted by Gasteiger charge is 2.15. The van der Waals surface area contributed by atoms with Gasteiger partial charge in [0.05, 0.1) is 0 Å². The fraction of sp³-hybridized carbons (Fsp3) is 0.400. The largest absolute Gasteiger partial charge is 0.396 e. The van der Waals surface area contributed by atoms with Crippen molar-refractivity contribution in [3.05, 3.63) is 29.8 Å². The molecule has 1 aliphatic rings. The standard InChI is InChI=1S/C10H13NO/c12-7-8-5-9-3-1-2-4-10(9)11-6-8/h1-4,8,11-12H,5-7H2/t8-/m0/s1. The molecule has 0 unspecified atom stereocenters. The second-order valence-corrected chi connectivity index (χ2v) is 3.29. The third-order valence-electron chi connectivity index (χ3n) is 2.37. The maximum Gasteiger partial charge on any atom is 0.0479 e. The number of anilines is 1. The summed E-state index contributed by atoms with van der Waals surface area (Å²) in [5, 5.41) is 12.3. The number of benzene rings is 1. The Morgan fingerprint density at radius 3 is 3.08 bits per heavy atom. The highest BCUT2D eigenvalue weighted by molar-refractivity contribution is 5.53. The van der Waals surface area contributed by atoms with Crippen LogP contribution in [0.5, 0.6) is 0 Å². The second kappa shape index (κ2) is 3.15. The molecule has 2 nitrogen and oxygen atoms in total. The topological polar surface area (TPSA) is 32.3 Å². The smallest absolute Gasteiger partial charge is 0.0479 e. The summed E-state index contributed by atoms with van der Waals surface area (Å²) in [7, 11) is 0. The molecule has 2 N–H and O–H groups in total. The average Bonchev–Trinajstić information content (AvgIpc) is 2.17. The first-order valence-electron chi connectivity index (χ1n) is 4.33. The maximum absolute atomic E-state index is 8.98. The molecule has 0 radical (unpaired) electrons. The van der Waals surface area contributed by atoms with E-state index in [1.54, 1.807) is 0 Å². The lowest BCUT2D eigenvalue weighted by atomic mass is 9.95. The quantitative estimate of drug-likeness (QED) is 0.653. The number of rotatable bonds is 1. The molecule has 2 heteroatoms. The molecule has 64 valence electrons. The van der Waals surface area contributed by atoms with Crippen molar-refractivity contribution in [2.45, 2.75) is 6.42 Å². The molecule has 0 aliphatic carbocycles. The van der Waals surface area contributed by atoms with Crippen LogP contribution < -0.4 is 5.32 Å². The second-order valence-electron chi connectivity index (χ2n) is 3.29. The lowest BCUT2D eigenvalue weighted by Crippen LogP contribution is -2.25. The average molecular weight is 163 g/mol. The van der Waals surface area contributed by atoms with E-state index in [0.717, 1.165) is 13.0 Å².